The standard InChI is InChI=1S/C19H19F2N3OS/c1-23(2)9-4-10-24(18(25)13-5-3-6-14(20)11-13)19-22-16-8-7-15(21)12-17(16)26-19/h3,5-8,11-12H,4,9-10H2,1-2H3/p+1. The number of benzene rings is 2. The highest BCUT2D eigenvalue weighted by molar-refractivity contribution is 7.22. The van der Waals surface area contributed by atoms with E-state index in [1.54, 1.807) is 17.0 Å². The predicted octanol–water partition coefficient (Wildman–Crippen LogP) is 2.76. The van der Waals surface area contributed by atoms with Gasteiger partial charge in [0.15, 0.2) is 5.13 Å². The first-order valence-corrected chi connectivity index (χ1v) is 9.18. The summed E-state index contributed by atoms with van der Waals surface area (Å²) in [6.07, 6.45) is 0.772. The Morgan fingerprint density at radius 3 is 2.65 bits per heavy atom. The molecule has 0 aliphatic rings. The molecule has 0 saturated carbocycles. The molecule has 1 N–H and O–H groups in total. The van der Waals surface area contributed by atoms with Gasteiger partial charge in [-0.15, -0.1) is 0 Å². The first-order chi connectivity index (χ1) is 12.4. The molecule has 0 unspecified atom stereocenters. The summed E-state index contributed by atoms with van der Waals surface area (Å²) in [6, 6.07) is 9.97. The third kappa shape index (κ3) is 4.23. The number of nitrogens with one attached hydrogen (secondary N) is 1. The van der Waals surface area contributed by atoms with Crippen LogP contribution in [0.2, 0.25) is 0 Å². The van der Waals surface area contributed by atoms with Crippen molar-refractivity contribution in [2.45, 2.75) is 6.42 Å². The van der Waals surface area contributed by atoms with Gasteiger partial charge >= 0.3 is 0 Å². The number of hydrogen-bond acceptors (Lipinski definition) is 3. The number of nitrogens with zero attached hydrogens (tertiary/aromatic N) is 2. The van der Waals surface area contributed by atoms with Crippen LogP contribution < -0.4 is 9.80 Å². The van der Waals surface area contributed by atoms with E-state index >= 15 is 0 Å². The Balaban J connectivity index is 1.94. The molecule has 3 rings (SSSR count). The molecule has 1 heterocycles. The van der Waals surface area contributed by atoms with Gasteiger partial charge in [0, 0.05) is 18.5 Å². The van der Waals surface area contributed by atoms with Gasteiger partial charge in [-0.3, -0.25) is 9.69 Å². The normalized spacial score (nSPS) is 11.3. The maximum Gasteiger partial charge on any atom is 0.260 e. The lowest BCUT2D eigenvalue weighted by molar-refractivity contribution is -0.858. The zero-order valence-electron chi connectivity index (χ0n) is 14.6. The van der Waals surface area contributed by atoms with E-state index in [1.807, 2.05) is 14.1 Å². The molecule has 3 aromatic rings. The van der Waals surface area contributed by atoms with Gasteiger partial charge in [0.1, 0.15) is 11.6 Å². The molecule has 0 aliphatic carbocycles. The van der Waals surface area contributed by atoms with E-state index in [0.29, 0.717) is 21.9 Å². The molecular weight excluding hydrogens is 356 g/mol. The summed E-state index contributed by atoms with van der Waals surface area (Å²) in [5.74, 6) is -1.11. The van der Waals surface area contributed by atoms with Crippen molar-refractivity contribution in [3.8, 4) is 0 Å². The largest absolute Gasteiger partial charge is 0.340 e. The quantitative estimate of drug-likeness (QED) is 0.718. The fraction of sp³-hybridized carbons (Fsp3) is 0.263. The van der Waals surface area contributed by atoms with Crippen LogP contribution in [-0.2, 0) is 0 Å². The van der Waals surface area contributed by atoms with E-state index < -0.39 is 5.82 Å². The van der Waals surface area contributed by atoms with Gasteiger partial charge in [-0.2, -0.15) is 0 Å². The van der Waals surface area contributed by atoms with Crippen molar-refractivity contribution in [2.24, 2.45) is 0 Å². The van der Waals surface area contributed by atoms with Crippen molar-refractivity contribution >= 4 is 32.6 Å². The Kier molecular flexibility index (Phi) is 5.58. The molecule has 0 bridgehead atoms. The van der Waals surface area contributed by atoms with Gasteiger partial charge < -0.3 is 4.90 Å². The van der Waals surface area contributed by atoms with Crippen molar-refractivity contribution in [1.29, 1.82) is 0 Å². The SMILES string of the molecule is C[NH+](C)CCCN(C(=O)c1cccc(F)c1)c1nc2ccc(F)cc2s1. The molecule has 7 heteroatoms. The predicted molar refractivity (Wildman–Crippen MR) is 99.9 cm³/mol. The Morgan fingerprint density at radius 2 is 1.92 bits per heavy atom. The molecule has 136 valence electrons. The van der Waals surface area contributed by atoms with Crippen LogP contribution in [0, 0.1) is 11.6 Å². The van der Waals surface area contributed by atoms with Gasteiger partial charge in [-0.05, 0) is 36.4 Å². The van der Waals surface area contributed by atoms with Crippen LogP contribution in [0.1, 0.15) is 16.8 Å². The number of aromatic nitrogens is 1. The average Bonchev–Trinajstić information content (AvgIpc) is 3.00. The molecule has 2 aromatic carbocycles. The smallest absolute Gasteiger partial charge is 0.260 e. The minimum atomic E-state index is -0.458. The fourth-order valence-electron chi connectivity index (χ4n) is 2.65. The lowest BCUT2D eigenvalue weighted by Gasteiger charge is -2.20. The van der Waals surface area contributed by atoms with Crippen molar-refractivity contribution in [3.05, 3.63) is 59.7 Å². The number of hydrogen-bond donors (Lipinski definition) is 1. The zero-order chi connectivity index (χ0) is 18.7. The fourth-order valence-corrected chi connectivity index (χ4v) is 3.67. The van der Waals surface area contributed by atoms with E-state index in [1.165, 1.54) is 46.6 Å². The summed E-state index contributed by atoms with van der Waals surface area (Å²) in [4.78, 5) is 20.3. The van der Waals surface area contributed by atoms with Gasteiger partial charge in [0.05, 0.1) is 30.9 Å². The van der Waals surface area contributed by atoms with Crippen molar-refractivity contribution in [3.63, 3.8) is 0 Å². The highest BCUT2D eigenvalue weighted by Gasteiger charge is 2.22. The maximum absolute atomic E-state index is 13.5. The monoisotopic (exact) mass is 376 g/mol. The van der Waals surface area contributed by atoms with Crippen molar-refractivity contribution in [2.75, 3.05) is 32.1 Å². The number of carbonyl (C=O) groups excluding carboxylic acids is 1. The van der Waals surface area contributed by atoms with Crippen LogP contribution >= 0.6 is 11.3 Å². The summed E-state index contributed by atoms with van der Waals surface area (Å²) in [5, 5.41) is 0.494. The molecule has 0 aliphatic heterocycles. The molecule has 26 heavy (non-hydrogen) atoms. The Hall–Kier alpha value is -2.38. The number of carbonyl (C=O) groups is 1. The second kappa shape index (κ2) is 7.88. The second-order valence-corrected chi connectivity index (χ2v) is 7.40. The van der Waals surface area contributed by atoms with E-state index in [0.717, 1.165) is 13.0 Å². The summed E-state index contributed by atoms with van der Waals surface area (Å²) in [7, 11) is 4.08. The van der Waals surface area contributed by atoms with Gasteiger partial charge in [0.2, 0.25) is 0 Å². The molecule has 4 nitrogen and oxygen atoms in total. The van der Waals surface area contributed by atoms with Crippen molar-refractivity contribution < 1.29 is 18.5 Å². The van der Waals surface area contributed by atoms with Crippen LogP contribution in [0.25, 0.3) is 10.2 Å². The molecular formula is C19H20F2N3OS+. The number of halogens is 2. The summed E-state index contributed by atoms with van der Waals surface area (Å²) >= 11 is 1.26. The average molecular weight is 376 g/mol. The van der Waals surface area contributed by atoms with Crippen LogP contribution in [0.5, 0.6) is 0 Å². The molecule has 0 radical (unpaired) electrons. The van der Waals surface area contributed by atoms with E-state index in [2.05, 4.69) is 4.98 Å². The number of thiazole rings is 1. The Labute approximate surface area is 154 Å². The highest BCUT2D eigenvalue weighted by Crippen LogP contribution is 2.30. The van der Waals surface area contributed by atoms with E-state index in [9.17, 15) is 13.6 Å². The van der Waals surface area contributed by atoms with E-state index in [4.69, 9.17) is 0 Å². The summed E-state index contributed by atoms with van der Waals surface area (Å²) in [6.45, 7) is 1.34. The van der Waals surface area contributed by atoms with Crippen LogP contribution in [0.4, 0.5) is 13.9 Å². The minimum Gasteiger partial charge on any atom is -0.340 e. The molecule has 0 spiro atoms. The van der Waals surface area contributed by atoms with Gasteiger partial charge in [-0.25, -0.2) is 13.8 Å². The molecule has 0 atom stereocenters. The van der Waals surface area contributed by atoms with Crippen molar-refractivity contribution in [1.82, 2.24) is 4.98 Å². The first kappa shape index (κ1) is 18.4. The zero-order valence-corrected chi connectivity index (χ0v) is 15.4. The molecule has 1 amide bonds. The third-order valence-corrected chi connectivity index (χ3v) is 4.99. The maximum atomic E-state index is 13.5. The summed E-state index contributed by atoms with van der Waals surface area (Å²) < 4.78 is 27.7. The number of amides is 1. The first-order valence-electron chi connectivity index (χ1n) is 8.36. The summed E-state index contributed by atoms with van der Waals surface area (Å²) in [5.41, 5.74) is 0.911. The second-order valence-electron chi connectivity index (χ2n) is 6.39. The number of quaternary nitrogens is 1. The molecule has 0 saturated heterocycles. The number of anilines is 1. The minimum absolute atomic E-state index is 0.271. The molecule has 0 fully saturated rings. The number of fused-ring (bicyclic) bond motifs is 1. The number of rotatable bonds is 6. The molecule has 1 aromatic heterocycles. The van der Waals surface area contributed by atoms with Crippen LogP contribution in [0.3, 0.4) is 0 Å². The van der Waals surface area contributed by atoms with E-state index in [-0.39, 0.29) is 17.3 Å². The highest BCUT2D eigenvalue weighted by atomic mass is 32.1. The Bertz CT molecular complexity index is 926. The Morgan fingerprint density at radius 1 is 1.15 bits per heavy atom. The van der Waals surface area contributed by atoms with Gasteiger partial charge in [0.25, 0.3) is 5.91 Å². The topological polar surface area (TPSA) is 37.6 Å². The van der Waals surface area contributed by atoms with Crippen LogP contribution in [-0.4, -0.2) is 38.1 Å². The lowest BCUT2D eigenvalue weighted by atomic mass is 10.2. The van der Waals surface area contributed by atoms with Crippen LogP contribution in [0.15, 0.2) is 42.5 Å². The lowest BCUT2D eigenvalue weighted by Crippen LogP contribution is -3.05. The third-order valence-electron chi connectivity index (χ3n) is 3.95. The van der Waals surface area contributed by atoms with Gasteiger partial charge in [-0.1, -0.05) is 17.4 Å².